The third kappa shape index (κ3) is 8.67. The molecular weight excluding hydrogens is 330 g/mol. The number of nitrogens with one attached hydrogen (secondary N) is 2. The van der Waals surface area contributed by atoms with Crippen molar-refractivity contribution in [3.05, 3.63) is 42.5 Å². The van der Waals surface area contributed by atoms with Gasteiger partial charge in [0.2, 0.25) is 5.91 Å². The Morgan fingerprint density at radius 2 is 1.88 bits per heavy atom. The minimum absolute atomic E-state index is 0.0579. The van der Waals surface area contributed by atoms with Crippen molar-refractivity contribution in [3.63, 3.8) is 0 Å². The monoisotopic (exact) mass is 362 g/mol. The van der Waals surface area contributed by atoms with Gasteiger partial charge in [-0.1, -0.05) is 12.7 Å². The Kier molecular flexibility index (Phi) is 8.32. The summed E-state index contributed by atoms with van der Waals surface area (Å²) in [5.41, 5.74) is 0.819. The van der Waals surface area contributed by atoms with E-state index in [0.29, 0.717) is 13.2 Å². The number of likely N-dealkylation sites (N-methyl/N-ethyl adjacent to an activating group) is 2. The molecule has 2 N–H and O–H groups in total. The third-order valence-electron chi connectivity index (χ3n) is 3.57. The predicted molar refractivity (Wildman–Crippen MR) is 103 cm³/mol. The lowest BCUT2D eigenvalue weighted by molar-refractivity contribution is -0.885. The average Bonchev–Trinajstić information content (AvgIpc) is 2.52. The molecule has 1 aromatic carbocycles. The molecule has 0 bridgehead atoms. The molecule has 0 heterocycles. The van der Waals surface area contributed by atoms with Crippen LogP contribution in [0.15, 0.2) is 36.9 Å². The second kappa shape index (κ2) is 9.97. The maximum atomic E-state index is 12.3. The lowest BCUT2D eigenvalue weighted by Crippen LogP contribution is -3.08. The van der Waals surface area contributed by atoms with Crippen molar-refractivity contribution in [2.75, 3.05) is 33.8 Å². The molecule has 1 rings (SSSR count). The van der Waals surface area contributed by atoms with E-state index in [2.05, 4.69) is 11.9 Å². The number of carbonyl (C=O) groups excluding carboxylic acids is 2. The SMILES string of the molecule is C=CCOc1ccc(C[NH+](C)CC(=O)N(C)CC(=O)NC(C)(C)C)cc1. The van der Waals surface area contributed by atoms with E-state index >= 15 is 0 Å². The fraction of sp³-hybridized carbons (Fsp3) is 0.500. The van der Waals surface area contributed by atoms with E-state index in [0.717, 1.165) is 22.8 Å². The quantitative estimate of drug-likeness (QED) is 0.634. The second-order valence-electron chi connectivity index (χ2n) is 7.60. The van der Waals surface area contributed by atoms with Gasteiger partial charge in [-0.25, -0.2) is 0 Å². The van der Waals surface area contributed by atoms with Crippen LogP contribution in [0.1, 0.15) is 26.3 Å². The minimum Gasteiger partial charge on any atom is -0.490 e. The summed E-state index contributed by atoms with van der Waals surface area (Å²) in [6, 6.07) is 7.81. The lowest BCUT2D eigenvalue weighted by atomic mass is 10.1. The van der Waals surface area contributed by atoms with Gasteiger partial charge >= 0.3 is 0 Å². The number of rotatable bonds is 9. The van der Waals surface area contributed by atoms with Crippen molar-refractivity contribution in [1.82, 2.24) is 10.2 Å². The Morgan fingerprint density at radius 1 is 1.27 bits per heavy atom. The fourth-order valence-electron chi connectivity index (χ4n) is 2.42. The van der Waals surface area contributed by atoms with Gasteiger partial charge in [0.25, 0.3) is 5.91 Å². The van der Waals surface area contributed by atoms with Crippen LogP contribution in [0.25, 0.3) is 0 Å². The Hall–Kier alpha value is -2.34. The van der Waals surface area contributed by atoms with E-state index in [9.17, 15) is 9.59 Å². The molecule has 0 aliphatic carbocycles. The van der Waals surface area contributed by atoms with E-state index < -0.39 is 0 Å². The molecule has 0 aromatic heterocycles. The van der Waals surface area contributed by atoms with Gasteiger partial charge in [0, 0.05) is 18.2 Å². The number of carbonyl (C=O) groups is 2. The highest BCUT2D eigenvalue weighted by molar-refractivity contribution is 5.85. The summed E-state index contributed by atoms with van der Waals surface area (Å²) in [7, 11) is 3.62. The summed E-state index contributed by atoms with van der Waals surface area (Å²) in [5.74, 6) is 0.589. The van der Waals surface area contributed by atoms with E-state index in [1.54, 1.807) is 13.1 Å². The highest BCUT2D eigenvalue weighted by Gasteiger charge is 2.20. The van der Waals surface area contributed by atoms with Gasteiger partial charge < -0.3 is 19.9 Å². The molecule has 0 saturated heterocycles. The molecule has 1 aromatic rings. The van der Waals surface area contributed by atoms with E-state index in [1.165, 1.54) is 4.90 Å². The van der Waals surface area contributed by atoms with Crippen LogP contribution >= 0.6 is 0 Å². The number of nitrogens with zero attached hydrogens (tertiary/aromatic N) is 1. The molecule has 0 spiro atoms. The largest absolute Gasteiger partial charge is 0.490 e. The van der Waals surface area contributed by atoms with Crippen LogP contribution in [-0.2, 0) is 16.1 Å². The van der Waals surface area contributed by atoms with Crippen molar-refractivity contribution in [3.8, 4) is 5.75 Å². The summed E-state index contributed by atoms with van der Waals surface area (Å²) >= 11 is 0. The molecule has 6 heteroatoms. The van der Waals surface area contributed by atoms with Crippen LogP contribution in [0.4, 0.5) is 0 Å². The van der Waals surface area contributed by atoms with Gasteiger partial charge in [-0.05, 0) is 45.0 Å². The van der Waals surface area contributed by atoms with Crippen LogP contribution in [-0.4, -0.2) is 56.0 Å². The van der Waals surface area contributed by atoms with Crippen molar-refractivity contribution >= 4 is 11.8 Å². The van der Waals surface area contributed by atoms with Gasteiger partial charge in [0.15, 0.2) is 6.54 Å². The first-order valence-electron chi connectivity index (χ1n) is 8.79. The van der Waals surface area contributed by atoms with Crippen LogP contribution in [0, 0.1) is 0 Å². The van der Waals surface area contributed by atoms with Crippen molar-refractivity contribution in [2.24, 2.45) is 0 Å². The molecule has 0 saturated carbocycles. The molecule has 0 fully saturated rings. The Bertz CT molecular complexity index is 606. The molecule has 1 atom stereocenters. The number of amides is 2. The molecular formula is C20H32N3O3+. The highest BCUT2D eigenvalue weighted by Crippen LogP contribution is 2.11. The predicted octanol–water partition coefficient (Wildman–Crippen LogP) is 0.639. The standard InChI is InChI=1S/C20H31N3O3/c1-7-12-26-17-10-8-16(9-11-17)13-22(5)15-19(25)23(6)14-18(24)21-20(2,3)4/h7-11H,1,12-15H2,2-6H3,(H,21,24)/p+1. The van der Waals surface area contributed by atoms with Gasteiger partial charge in [0.05, 0.1) is 13.6 Å². The zero-order chi connectivity index (χ0) is 19.7. The molecule has 0 radical (unpaired) electrons. The normalized spacial score (nSPS) is 12.2. The maximum Gasteiger partial charge on any atom is 0.277 e. The Balaban J connectivity index is 2.45. The van der Waals surface area contributed by atoms with E-state index in [1.807, 2.05) is 52.1 Å². The van der Waals surface area contributed by atoms with Gasteiger partial charge in [-0.15, -0.1) is 0 Å². The van der Waals surface area contributed by atoms with Crippen LogP contribution in [0.5, 0.6) is 5.75 Å². The molecule has 1 unspecified atom stereocenters. The van der Waals surface area contributed by atoms with Crippen LogP contribution in [0.3, 0.4) is 0 Å². The number of hydrogen-bond donors (Lipinski definition) is 2. The Morgan fingerprint density at radius 3 is 2.42 bits per heavy atom. The summed E-state index contributed by atoms with van der Waals surface area (Å²) in [4.78, 5) is 26.8. The summed E-state index contributed by atoms with van der Waals surface area (Å²) in [5, 5.41) is 2.86. The number of benzene rings is 1. The van der Waals surface area contributed by atoms with Crippen LogP contribution in [0.2, 0.25) is 0 Å². The fourth-order valence-corrected chi connectivity index (χ4v) is 2.42. The molecule has 26 heavy (non-hydrogen) atoms. The summed E-state index contributed by atoms with van der Waals surface area (Å²) in [6.45, 7) is 11.0. The molecule has 0 aliphatic rings. The van der Waals surface area contributed by atoms with Crippen LogP contribution < -0.4 is 15.0 Å². The first-order valence-corrected chi connectivity index (χ1v) is 8.79. The lowest BCUT2D eigenvalue weighted by Gasteiger charge is -2.24. The Labute approximate surface area is 156 Å². The first-order chi connectivity index (χ1) is 12.1. The highest BCUT2D eigenvalue weighted by atomic mass is 16.5. The number of quaternary nitrogens is 1. The average molecular weight is 362 g/mol. The zero-order valence-corrected chi connectivity index (χ0v) is 16.6. The van der Waals surface area contributed by atoms with E-state index in [4.69, 9.17) is 4.74 Å². The molecule has 144 valence electrons. The first kappa shape index (κ1) is 21.7. The van der Waals surface area contributed by atoms with E-state index in [-0.39, 0.29) is 23.9 Å². The van der Waals surface area contributed by atoms with Crippen molar-refractivity contribution in [1.29, 1.82) is 0 Å². The summed E-state index contributed by atoms with van der Waals surface area (Å²) < 4.78 is 5.46. The maximum absolute atomic E-state index is 12.3. The number of hydrogen-bond acceptors (Lipinski definition) is 3. The molecule has 6 nitrogen and oxygen atoms in total. The second-order valence-corrected chi connectivity index (χ2v) is 7.60. The summed E-state index contributed by atoms with van der Waals surface area (Å²) in [6.07, 6.45) is 1.70. The topological polar surface area (TPSA) is 63.1 Å². The molecule has 0 aliphatic heterocycles. The van der Waals surface area contributed by atoms with Gasteiger partial charge in [-0.3, -0.25) is 9.59 Å². The molecule has 2 amide bonds. The van der Waals surface area contributed by atoms with Crippen molar-refractivity contribution < 1.29 is 19.2 Å². The van der Waals surface area contributed by atoms with Crippen molar-refractivity contribution in [2.45, 2.75) is 32.9 Å². The number of ether oxygens (including phenoxy) is 1. The van der Waals surface area contributed by atoms with Gasteiger partial charge in [0.1, 0.15) is 18.9 Å². The third-order valence-corrected chi connectivity index (χ3v) is 3.57. The smallest absolute Gasteiger partial charge is 0.277 e. The zero-order valence-electron chi connectivity index (χ0n) is 16.6. The minimum atomic E-state index is -0.301. The van der Waals surface area contributed by atoms with Gasteiger partial charge in [-0.2, -0.15) is 0 Å².